The fraction of sp³-hybridized carbons (Fsp3) is 0.500. The minimum Gasteiger partial charge on any atom is -0.329 e. The number of hydrogen-bond acceptors (Lipinski definition) is 2. The van der Waals surface area contributed by atoms with Gasteiger partial charge in [0.1, 0.15) is 12.1 Å². The number of halogens is 1. The third-order valence-electron chi connectivity index (χ3n) is 4.31. The molecule has 0 radical (unpaired) electrons. The van der Waals surface area contributed by atoms with E-state index in [1.165, 1.54) is 0 Å². The van der Waals surface area contributed by atoms with Gasteiger partial charge >= 0.3 is 0 Å². The third kappa shape index (κ3) is 2.31. The van der Waals surface area contributed by atoms with Crippen molar-refractivity contribution in [2.24, 2.45) is 5.92 Å². The number of piperazine rings is 1. The molecule has 1 aromatic rings. The molecule has 0 aromatic heterocycles. The summed E-state index contributed by atoms with van der Waals surface area (Å²) in [4.78, 5) is 29.0. The molecule has 0 saturated carbocycles. The maximum Gasteiger partial charge on any atom is 0.250 e. The van der Waals surface area contributed by atoms with Crippen molar-refractivity contribution in [1.29, 1.82) is 0 Å². The van der Waals surface area contributed by atoms with Crippen LogP contribution in [0.15, 0.2) is 24.3 Å². The van der Waals surface area contributed by atoms with Gasteiger partial charge in [-0.2, -0.15) is 0 Å². The monoisotopic (exact) mass is 306 g/mol. The Bertz CT molecular complexity index is 587. The first-order valence-electron chi connectivity index (χ1n) is 7.40. The SMILES string of the molecule is CC(C)C1C(=O)N2CCCC2C(=O)N1c1cccc(Cl)c1. The molecule has 5 heteroatoms. The smallest absolute Gasteiger partial charge is 0.250 e. The number of carbonyl (C=O) groups excluding carboxylic acids is 2. The van der Waals surface area contributed by atoms with Crippen molar-refractivity contribution in [3.8, 4) is 0 Å². The zero-order chi connectivity index (χ0) is 15.1. The number of anilines is 1. The Hall–Kier alpha value is -1.55. The first-order chi connectivity index (χ1) is 10.0. The summed E-state index contributed by atoms with van der Waals surface area (Å²) in [7, 11) is 0. The van der Waals surface area contributed by atoms with Crippen molar-refractivity contribution in [3.05, 3.63) is 29.3 Å². The molecule has 0 spiro atoms. The molecule has 2 heterocycles. The molecule has 0 aliphatic carbocycles. The molecule has 2 unspecified atom stereocenters. The average Bonchev–Trinajstić information content (AvgIpc) is 2.92. The Balaban J connectivity index is 2.06. The summed E-state index contributed by atoms with van der Waals surface area (Å²) in [5, 5.41) is 0.573. The lowest BCUT2D eigenvalue weighted by atomic mass is 9.95. The lowest BCUT2D eigenvalue weighted by Crippen LogP contribution is -2.64. The van der Waals surface area contributed by atoms with E-state index in [-0.39, 0.29) is 23.8 Å². The van der Waals surface area contributed by atoms with Crippen molar-refractivity contribution in [1.82, 2.24) is 4.90 Å². The van der Waals surface area contributed by atoms with Crippen molar-refractivity contribution in [2.75, 3.05) is 11.4 Å². The normalized spacial score (nSPS) is 25.7. The van der Waals surface area contributed by atoms with E-state index >= 15 is 0 Å². The molecule has 2 amide bonds. The Kier molecular flexibility index (Phi) is 3.66. The first kappa shape index (κ1) is 14.4. The minimum atomic E-state index is -0.440. The van der Waals surface area contributed by atoms with E-state index in [9.17, 15) is 9.59 Å². The molecule has 2 aliphatic heterocycles. The summed E-state index contributed by atoms with van der Waals surface area (Å²) in [6.07, 6.45) is 1.66. The van der Waals surface area contributed by atoms with Crippen molar-refractivity contribution in [3.63, 3.8) is 0 Å². The van der Waals surface area contributed by atoms with Crippen LogP contribution in [0.1, 0.15) is 26.7 Å². The molecule has 112 valence electrons. The Labute approximate surface area is 129 Å². The molecule has 3 rings (SSSR count). The van der Waals surface area contributed by atoms with Crippen LogP contribution in [-0.4, -0.2) is 35.3 Å². The number of rotatable bonds is 2. The lowest BCUT2D eigenvalue weighted by molar-refractivity contribution is -0.145. The molecule has 4 nitrogen and oxygen atoms in total. The van der Waals surface area contributed by atoms with E-state index in [0.29, 0.717) is 17.3 Å². The second kappa shape index (κ2) is 5.34. The number of hydrogen-bond donors (Lipinski definition) is 0. The van der Waals surface area contributed by atoms with Crippen LogP contribution in [0.3, 0.4) is 0 Å². The topological polar surface area (TPSA) is 40.6 Å². The van der Waals surface area contributed by atoms with Crippen LogP contribution in [0.4, 0.5) is 5.69 Å². The second-order valence-corrected chi connectivity index (χ2v) is 6.50. The average molecular weight is 307 g/mol. The van der Waals surface area contributed by atoms with Crippen LogP contribution in [0.25, 0.3) is 0 Å². The third-order valence-corrected chi connectivity index (χ3v) is 4.54. The van der Waals surface area contributed by atoms with Crippen molar-refractivity contribution in [2.45, 2.75) is 38.8 Å². The van der Waals surface area contributed by atoms with Crippen LogP contribution in [0.5, 0.6) is 0 Å². The van der Waals surface area contributed by atoms with Gasteiger partial charge in [0.05, 0.1) is 0 Å². The maximum atomic E-state index is 12.9. The van der Waals surface area contributed by atoms with Gasteiger partial charge in [-0.3, -0.25) is 14.5 Å². The van der Waals surface area contributed by atoms with Gasteiger partial charge in [-0.25, -0.2) is 0 Å². The molecular weight excluding hydrogens is 288 g/mol. The van der Waals surface area contributed by atoms with Crippen LogP contribution < -0.4 is 4.90 Å². The summed E-state index contributed by atoms with van der Waals surface area (Å²) in [6, 6.07) is 6.45. The maximum absolute atomic E-state index is 12.9. The van der Waals surface area contributed by atoms with Crippen LogP contribution in [0, 0.1) is 5.92 Å². The highest BCUT2D eigenvalue weighted by atomic mass is 35.5. The van der Waals surface area contributed by atoms with Crippen LogP contribution in [0.2, 0.25) is 5.02 Å². The fourth-order valence-corrected chi connectivity index (χ4v) is 3.55. The van der Waals surface area contributed by atoms with Gasteiger partial charge in [0.2, 0.25) is 5.91 Å². The zero-order valence-corrected chi connectivity index (χ0v) is 13.0. The molecule has 0 N–H and O–H groups in total. The molecule has 2 aliphatic rings. The predicted molar refractivity (Wildman–Crippen MR) is 82.3 cm³/mol. The minimum absolute atomic E-state index is 0.0214. The van der Waals surface area contributed by atoms with E-state index in [2.05, 4.69) is 0 Å². The van der Waals surface area contributed by atoms with E-state index in [0.717, 1.165) is 12.8 Å². The van der Waals surface area contributed by atoms with Crippen molar-refractivity contribution < 1.29 is 9.59 Å². The summed E-state index contributed by atoms with van der Waals surface area (Å²) < 4.78 is 0. The number of carbonyl (C=O) groups is 2. The predicted octanol–water partition coefficient (Wildman–Crippen LogP) is 2.70. The Morgan fingerprint density at radius 3 is 2.67 bits per heavy atom. The number of nitrogens with zero attached hydrogens (tertiary/aromatic N) is 2. The van der Waals surface area contributed by atoms with Gasteiger partial charge < -0.3 is 4.90 Å². The van der Waals surface area contributed by atoms with E-state index in [1.54, 1.807) is 21.9 Å². The molecule has 1 aromatic carbocycles. The summed E-state index contributed by atoms with van der Waals surface area (Å²) in [5.41, 5.74) is 0.714. The molecular formula is C16H19ClN2O2. The van der Waals surface area contributed by atoms with E-state index in [4.69, 9.17) is 11.6 Å². The Morgan fingerprint density at radius 2 is 2.00 bits per heavy atom. The molecule has 2 atom stereocenters. The highest BCUT2D eigenvalue weighted by molar-refractivity contribution is 6.31. The Morgan fingerprint density at radius 1 is 1.24 bits per heavy atom. The van der Waals surface area contributed by atoms with E-state index < -0.39 is 6.04 Å². The van der Waals surface area contributed by atoms with Crippen molar-refractivity contribution >= 4 is 29.1 Å². The lowest BCUT2D eigenvalue weighted by Gasteiger charge is -2.44. The summed E-state index contributed by atoms with van der Waals surface area (Å²) in [6.45, 7) is 4.65. The largest absolute Gasteiger partial charge is 0.329 e. The van der Waals surface area contributed by atoms with Crippen LogP contribution in [-0.2, 0) is 9.59 Å². The zero-order valence-electron chi connectivity index (χ0n) is 12.3. The highest BCUT2D eigenvalue weighted by Crippen LogP contribution is 2.34. The van der Waals surface area contributed by atoms with Gasteiger partial charge in [0, 0.05) is 17.3 Å². The van der Waals surface area contributed by atoms with E-state index in [1.807, 2.05) is 26.0 Å². The molecule has 21 heavy (non-hydrogen) atoms. The van der Waals surface area contributed by atoms with Crippen LogP contribution >= 0.6 is 11.6 Å². The fourth-order valence-electron chi connectivity index (χ4n) is 3.36. The summed E-state index contributed by atoms with van der Waals surface area (Å²) >= 11 is 6.05. The second-order valence-electron chi connectivity index (χ2n) is 6.07. The highest BCUT2D eigenvalue weighted by Gasteiger charge is 2.49. The standard InChI is InChI=1S/C16H19ClN2O2/c1-10(2)14-16(21)18-8-4-7-13(18)15(20)19(14)12-6-3-5-11(17)9-12/h3,5-6,9-10,13-14H,4,7-8H2,1-2H3. The summed E-state index contributed by atoms with van der Waals surface area (Å²) in [5.74, 6) is 0.141. The van der Waals surface area contributed by atoms with Gasteiger partial charge in [-0.05, 0) is 37.0 Å². The molecule has 2 saturated heterocycles. The van der Waals surface area contributed by atoms with Gasteiger partial charge in [-0.15, -0.1) is 0 Å². The number of amides is 2. The number of benzene rings is 1. The van der Waals surface area contributed by atoms with Gasteiger partial charge in [0.15, 0.2) is 0 Å². The molecule has 2 fully saturated rings. The van der Waals surface area contributed by atoms with Gasteiger partial charge in [-0.1, -0.05) is 31.5 Å². The number of fused-ring (bicyclic) bond motifs is 1. The molecule has 0 bridgehead atoms. The first-order valence-corrected chi connectivity index (χ1v) is 7.77. The quantitative estimate of drug-likeness (QED) is 0.843. The van der Waals surface area contributed by atoms with Gasteiger partial charge in [0.25, 0.3) is 5.91 Å².